The van der Waals surface area contributed by atoms with Gasteiger partial charge in [0.2, 0.25) is 0 Å². The van der Waals surface area contributed by atoms with Crippen LogP contribution in [-0.2, 0) is 0 Å². The van der Waals surface area contributed by atoms with Gasteiger partial charge in [-0.3, -0.25) is 0 Å². The minimum Gasteiger partial charge on any atom is -0.237 e. The van der Waals surface area contributed by atoms with E-state index in [-0.39, 0.29) is 5.57 Å². The molecule has 1 atom stereocenters. The summed E-state index contributed by atoms with van der Waals surface area (Å²) in [5, 5.41) is 17.0. The van der Waals surface area contributed by atoms with Crippen LogP contribution in [0.3, 0.4) is 0 Å². The highest BCUT2D eigenvalue weighted by Gasteiger charge is 2.47. The summed E-state index contributed by atoms with van der Waals surface area (Å²) >= 11 is 0. The fourth-order valence-electron chi connectivity index (χ4n) is 1.35. The van der Waals surface area contributed by atoms with Gasteiger partial charge in [-0.1, -0.05) is 0 Å². The molecule has 1 rings (SSSR count). The molecule has 0 aliphatic heterocycles. The van der Waals surface area contributed by atoms with Crippen molar-refractivity contribution in [3.8, 4) is 12.1 Å². The molecule has 0 radical (unpaired) electrons. The van der Waals surface area contributed by atoms with Crippen LogP contribution >= 0.6 is 0 Å². The fourth-order valence-corrected chi connectivity index (χ4v) is 1.35. The van der Waals surface area contributed by atoms with Crippen LogP contribution in [0, 0.1) is 22.7 Å². The molecule has 78 valence electrons. The predicted molar refractivity (Wildman–Crippen MR) is 41.9 cm³/mol. The SMILES string of the molecule is CC1=C(C#N)C(C#N)=C(C(F)(F)F)C1F. The quantitative estimate of drug-likeness (QED) is 0.584. The lowest BCUT2D eigenvalue weighted by atomic mass is 10.1. The van der Waals surface area contributed by atoms with Gasteiger partial charge in [0.05, 0.1) is 16.7 Å². The minimum absolute atomic E-state index is 0.360. The highest BCUT2D eigenvalue weighted by molar-refractivity contribution is 5.63. The van der Waals surface area contributed by atoms with Crippen molar-refractivity contribution >= 4 is 0 Å². The number of rotatable bonds is 0. The molecule has 0 saturated carbocycles. The first-order chi connectivity index (χ1) is 6.84. The molecule has 0 fully saturated rings. The molecule has 1 unspecified atom stereocenters. The maximum Gasteiger partial charge on any atom is 0.417 e. The van der Waals surface area contributed by atoms with E-state index >= 15 is 0 Å². The zero-order valence-corrected chi connectivity index (χ0v) is 7.48. The molecule has 0 amide bonds. The number of alkyl halides is 4. The highest BCUT2D eigenvalue weighted by atomic mass is 19.4. The van der Waals surface area contributed by atoms with E-state index < -0.39 is 29.1 Å². The molecule has 0 N–H and O–H groups in total. The number of nitriles is 2. The molecule has 0 aromatic rings. The monoisotopic (exact) mass is 216 g/mol. The van der Waals surface area contributed by atoms with Crippen molar-refractivity contribution in [3.63, 3.8) is 0 Å². The first-order valence-electron chi connectivity index (χ1n) is 3.81. The Bertz CT molecular complexity index is 442. The van der Waals surface area contributed by atoms with Crippen molar-refractivity contribution in [2.45, 2.75) is 19.3 Å². The van der Waals surface area contributed by atoms with Crippen LogP contribution in [0.5, 0.6) is 0 Å². The molecule has 0 bridgehead atoms. The number of allylic oxidation sites excluding steroid dienone is 4. The van der Waals surface area contributed by atoms with Crippen molar-refractivity contribution in [2.75, 3.05) is 0 Å². The van der Waals surface area contributed by atoms with E-state index in [4.69, 9.17) is 10.5 Å². The van der Waals surface area contributed by atoms with E-state index in [0.29, 0.717) is 0 Å². The summed E-state index contributed by atoms with van der Waals surface area (Å²) in [4.78, 5) is 0. The topological polar surface area (TPSA) is 47.6 Å². The Morgan fingerprint density at radius 1 is 1.13 bits per heavy atom. The molecule has 6 heteroatoms. The lowest BCUT2D eigenvalue weighted by molar-refractivity contribution is -0.0984. The maximum atomic E-state index is 13.2. The molecule has 0 aromatic heterocycles. The maximum absolute atomic E-state index is 13.2. The summed E-state index contributed by atoms with van der Waals surface area (Å²) in [7, 11) is 0. The zero-order chi connectivity index (χ0) is 11.8. The second kappa shape index (κ2) is 3.39. The molecule has 0 aromatic carbocycles. The molecule has 0 heterocycles. The second-order valence-corrected chi connectivity index (χ2v) is 2.93. The highest BCUT2D eigenvalue weighted by Crippen LogP contribution is 2.42. The van der Waals surface area contributed by atoms with Gasteiger partial charge in [-0.05, 0) is 12.5 Å². The van der Waals surface area contributed by atoms with Gasteiger partial charge < -0.3 is 0 Å². The van der Waals surface area contributed by atoms with Gasteiger partial charge in [0, 0.05) is 0 Å². The molecular weight excluding hydrogens is 212 g/mol. The third-order valence-corrected chi connectivity index (χ3v) is 2.08. The van der Waals surface area contributed by atoms with Gasteiger partial charge in [-0.25, -0.2) is 4.39 Å². The lowest BCUT2D eigenvalue weighted by Crippen LogP contribution is -2.20. The Morgan fingerprint density at radius 3 is 1.93 bits per heavy atom. The van der Waals surface area contributed by atoms with E-state index in [1.807, 2.05) is 0 Å². The predicted octanol–water partition coefficient (Wildman–Crippen LogP) is 2.56. The van der Waals surface area contributed by atoms with Gasteiger partial charge in [-0.2, -0.15) is 23.7 Å². The van der Waals surface area contributed by atoms with E-state index in [1.54, 1.807) is 0 Å². The average molecular weight is 216 g/mol. The van der Waals surface area contributed by atoms with Crippen molar-refractivity contribution in [1.29, 1.82) is 10.5 Å². The minimum atomic E-state index is -4.93. The molecule has 1 aliphatic rings. The van der Waals surface area contributed by atoms with E-state index in [1.165, 1.54) is 12.1 Å². The first kappa shape index (κ1) is 11.3. The number of hydrogen-bond donors (Lipinski definition) is 0. The van der Waals surface area contributed by atoms with E-state index in [0.717, 1.165) is 6.92 Å². The summed E-state index contributed by atoms with van der Waals surface area (Å²) in [5.74, 6) is 0. The molecule has 1 aliphatic carbocycles. The number of halogens is 4. The first-order valence-corrected chi connectivity index (χ1v) is 3.81. The smallest absolute Gasteiger partial charge is 0.237 e. The summed E-state index contributed by atoms with van der Waals surface area (Å²) in [6, 6.07) is 2.63. The third-order valence-electron chi connectivity index (χ3n) is 2.08. The fraction of sp³-hybridized carbons (Fsp3) is 0.333. The Kier molecular flexibility index (Phi) is 2.55. The summed E-state index contributed by atoms with van der Waals surface area (Å²) < 4.78 is 50.3. The van der Waals surface area contributed by atoms with E-state index in [2.05, 4.69) is 0 Å². The van der Waals surface area contributed by atoms with Crippen molar-refractivity contribution in [1.82, 2.24) is 0 Å². The van der Waals surface area contributed by atoms with Crippen LogP contribution in [-0.4, -0.2) is 12.3 Å². The van der Waals surface area contributed by atoms with Crippen LogP contribution < -0.4 is 0 Å². The van der Waals surface area contributed by atoms with Crippen molar-refractivity contribution in [2.24, 2.45) is 0 Å². The van der Waals surface area contributed by atoms with Crippen LogP contribution in [0.25, 0.3) is 0 Å². The molecule has 0 saturated heterocycles. The largest absolute Gasteiger partial charge is 0.417 e. The molecular formula is C9H4F4N2. The van der Waals surface area contributed by atoms with Crippen LogP contribution in [0.1, 0.15) is 6.92 Å². The average Bonchev–Trinajstić information content (AvgIpc) is 2.38. The van der Waals surface area contributed by atoms with Crippen molar-refractivity contribution in [3.05, 3.63) is 22.3 Å². The third kappa shape index (κ3) is 1.59. The van der Waals surface area contributed by atoms with Crippen molar-refractivity contribution < 1.29 is 17.6 Å². The van der Waals surface area contributed by atoms with Crippen LogP contribution in [0.2, 0.25) is 0 Å². The second-order valence-electron chi connectivity index (χ2n) is 2.93. The van der Waals surface area contributed by atoms with Gasteiger partial charge >= 0.3 is 6.18 Å². The summed E-state index contributed by atoms with van der Waals surface area (Å²) in [6.45, 7) is 1.07. The standard InChI is InChI=1S/C9H4F4N2/c1-4-5(2-14)6(3-15)7(8(4)10)9(11,12)13/h8H,1H3. The molecule has 15 heavy (non-hydrogen) atoms. The zero-order valence-electron chi connectivity index (χ0n) is 7.48. The lowest BCUT2D eigenvalue weighted by Gasteiger charge is -2.11. The Hall–Kier alpha value is -1.82. The van der Waals surface area contributed by atoms with Crippen LogP contribution in [0.15, 0.2) is 22.3 Å². The van der Waals surface area contributed by atoms with Gasteiger partial charge in [0.15, 0.2) is 6.17 Å². The normalized spacial score (nSPS) is 21.7. The Morgan fingerprint density at radius 2 is 1.60 bits per heavy atom. The van der Waals surface area contributed by atoms with Gasteiger partial charge in [-0.15, -0.1) is 0 Å². The Labute approximate surface area is 82.7 Å². The van der Waals surface area contributed by atoms with E-state index in [9.17, 15) is 17.6 Å². The number of hydrogen-bond acceptors (Lipinski definition) is 2. The molecule has 0 spiro atoms. The van der Waals surface area contributed by atoms with Crippen LogP contribution in [0.4, 0.5) is 17.6 Å². The Balaban J connectivity index is 3.45. The number of nitrogens with zero attached hydrogens (tertiary/aromatic N) is 2. The van der Waals surface area contributed by atoms with Gasteiger partial charge in [0.1, 0.15) is 12.1 Å². The summed E-state index contributed by atoms with van der Waals surface area (Å²) in [6.07, 6.45) is -7.33. The molecule has 2 nitrogen and oxygen atoms in total. The van der Waals surface area contributed by atoms with Gasteiger partial charge in [0.25, 0.3) is 0 Å². The summed E-state index contributed by atoms with van der Waals surface area (Å²) in [5.41, 5.74) is -3.35.